The molecule has 0 heterocycles. The molecule has 0 amide bonds. The lowest BCUT2D eigenvalue weighted by Gasteiger charge is -2.16. The Bertz CT molecular complexity index is 145. The lowest BCUT2D eigenvalue weighted by Crippen LogP contribution is -2.18. The van der Waals surface area contributed by atoms with Crippen molar-refractivity contribution in [1.82, 2.24) is 0 Å². The van der Waals surface area contributed by atoms with Crippen molar-refractivity contribution < 1.29 is 14.6 Å². The van der Waals surface area contributed by atoms with Crippen LogP contribution in [0.5, 0.6) is 0 Å². The van der Waals surface area contributed by atoms with Gasteiger partial charge in [0.05, 0.1) is 6.10 Å². The quantitative estimate of drug-likeness (QED) is 0.647. The van der Waals surface area contributed by atoms with Crippen molar-refractivity contribution in [2.45, 2.75) is 58.7 Å². The van der Waals surface area contributed by atoms with Crippen LogP contribution in [-0.2, 0) is 9.53 Å². The van der Waals surface area contributed by atoms with Gasteiger partial charge >= 0.3 is 5.97 Å². The molecule has 0 saturated heterocycles. The third-order valence-electron chi connectivity index (χ3n) is 2.08. The average Bonchev–Trinajstić information content (AvgIpc) is 2.10. The molecule has 3 nitrogen and oxygen atoms in total. The molecule has 0 spiro atoms. The molecule has 2 atom stereocenters. The number of esters is 1. The van der Waals surface area contributed by atoms with Gasteiger partial charge in [0.15, 0.2) is 0 Å². The van der Waals surface area contributed by atoms with Crippen LogP contribution >= 0.6 is 0 Å². The van der Waals surface area contributed by atoms with Crippen molar-refractivity contribution in [3.05, 3.63) is 0 Å². The molecule has 3 heteroatoms. The molecule has 0 aliphatic rings. The third kappa shape index (κ3) is 6.58. The summed E-state index contributed by atoms with van der Waals surface area (Å²) in [5, 5.41) is 9.30. The van der Waals surface area contributed by atoms with E-state index in [1.54, 1.807) is 0 Å². The highest BCUT2D eigenvalue weighted by molar-refractivity contribution is 5.66. The third-order valence-corrected chi connectivity index (χ3v) is 2.08. The molecule has 13 heavy (non-hydrogen) atoms. The molecule has 0 aliphatic heterocycles. The number of carbonyl (C=O) groups excluding carboxylic acids is 1. The minimum absolute atomic E-state index is 0.0290. The van der Waals surface area contributed by atoms with E-state index in [1.807, 2.05) is 13.8 Å². The van der Waals surface area contributed by atoms with Gasteiger partial charge in [0, 0.05) is 6.92 Å². The first-order valence-corrected chi connectivity index (χ1v) is 4.95. The van der Waals surface area contributed by atoms with Crippen LogP contribution in [0.1, 0.15) is 46.5 Å². The minimum atomic E-state index is -0.260. The largest absolute Gasteiger partial charge is 0.463 e. The Morgan fingerprint density at radius 1 is 1.31 bits per heavy atom. The van der Waals surface area contributed by atoms with Crippen molar-refractivity contribution in [1.29, 1.82) is 0 Å². The smallest absolute Gasteiger partial charge is 0.302 e. The SMILES string of the molecule is CCC(O)CCC(CC)OC(C)=O. The van der Waals surface area contributed by atoms with E-state index in [-0.39, 0.29) is 18.2 Å². The van der Waals surface area contributed by atoms with Gasteiger partial charge in [-0.05, 0) is 25.7 Å². The van der Waals surface area contributed by atoms with E-state index in [0.717, 1.165) is 19.3 Å². The number of ether oxygens (including phenoxy) is 1. The molecular formula is C10H20O3. The van der Waals surface area contributed by atoms with Crippen LogP contribution in [0, 0.1) is 0 Å². The molecule has 0 radical (unpaired) electrons. The maximum atomic E-state index is 10.6. The van der Waals surface area contributed by atoms with Crippen LogP contribution < -0.4 is 0 Å². The summed E-state index contributed by atoms with van der Waals surface area (Å²) in [5.74, 6) is -0.238. The van der Waals surface area contributed by atoms with Gasteiger partial charge in [-0.2, -0.15) is 0 Å². The highest BCUT2D eigenvalue weighted by Gasteiger charge is 2.11. The van der Waals surface area contributed by atoms with Crippen molar-refractivity contribution in [2.75, 3.05) is 0 Å². The summed E-state index contributed by atoms with van der Waals surface area (Å²) in [6.45, 7) is 5.34. The van der Waals surface area contributed by atoms with Crippen LogP contribution in [-0.4, -0.2) is 23.3 Å². The Balaban J connectivity index is 3.65. The summed E-state index contributed by atoms with van der Waals surface area (Å²) in [6, 6.07) is 0. The first kappa shape index (κ1) is 12.4. The molecule has 78 valence electrons. The second-order valence-electron chi connectivity index (χ2n) is 3.28. The highest BCUT2D eigenvalue weighted by atomic mass is 16.5. The van der Waals surface area contributed by atoms with Gasteiger partial charge in [-0.15, -0.1) is 0 Å². The molecule has 0 aromatic heterocycles. The molecule has 2 unspecified atom stereocenters. The van der Waals surface area contributed by atoms with Gasteiger partial charge in [-0.25, -0.2) is 0 Å². The van der Waals surface area contributed by atoms with Crippen LogP contribution in [0.15, 0.2) is 0 Å². The lowest BCUT2D eigenvalue weighted by atomic mass is 10.1. The predicted octanol–water partition coefficient (Wildman–Crippen LogP) is 1.88. The summed E-state index contributed by atoms with van der Waals surface area (Å²) in [4.78, 5) is 10.6. The van der Waals surface area contributed by atoms with Gasteiger partial charge in [0.25, 0.3) is 0 Å². The van der Waals surface area contributed by atoms with Gasteiger partial charge in [-0.1, -0.05) is 13.8 Å². The Morgan fingerprint density at radius 2 is 1.92 bits per heavy atom. The van der Waals surface area contributed by atoms with Crippen molar-refractivity contribution >= 4 is 5.97 Å². The number of rotatable bonds is 6. The Labute approximate surface area is 80.1 Å². The van der Waals surface area contributed by atoms with Crippen LogP contribution in [0.25, 0.3) is 0 Å². The fraction of sp³-hybridized carbons (Fsp3) is 0.900. The van der Waals surface area contributed by atoms with E-state index in [1.165, 1.54) is 6.92 Å². The van der Waals surface area contributed by atoms with E-state index in [9.17, 15) is 9.90 Å². The molecule has 0 aromatic carbocycles. The van der Waals surface area contributed by atoms with Crippen molar-refractivity contribution in [2.24, 2.45) is 0 Å². The second kappa shape index (κ2) is 6.89. The number of aliphatic hydroxyl groups is 1. The Hall–Kier alpha value is -0.570. The summed E-state index contributed by atoms with van der Waals surface area (Å²) < 4.78 is 5.04. The van der Waals surface area contributed by atoms with Gasteiger partial charge in [0.1, 0.15) is 6.10 Å². The molecule has 0 saturated carbocycles. The summed E-state index contributed by atoms with van der Waals surface area (Å²) in [5.41, 5.74) is 0. The van der Waals surface area contributed by atoms with E-state index >= 15 is 0 Å². The van der Waals surface area contributed by atoms with Crippen LogP contribution in [0.4, 0.5) is 0 Å². The normalized spacial score (nSPS) is 15.1. The van der Waals surface area contributed by atoms with Crippen molar-refractivity contribution in [3.63, 3.8) is 0 Å². The molecule has 0 aliphatic carbocycles. The predicted molar refractivity (Wildman–Crippen MR) is 51.4 cm³/mol. The maximum Gasteiger partial charge on any atom is 0.302 e. The average molecular weight is 188 g/mol. The lowest BCUT2D eigenvalue weighted by molar-refractivity contribution is -0.147. The molecule has 0 aromatic rings. The van der Waals surface area contributed by atoms with E-state index in [4.69, 9.17) is 4.74 Å². The molecule has 0 rings (SSSR count). The maximum absolute atomic E-state index is 10.6. The fourth-order valence-corrected chi connectivity index (χ4v) is 1.16. The summed E-state index contributed by atoms with van der Waals surface area (Å²) in [7, 11) is 0. The fourth-order valence-electron chi connectivity index (χ4n) is 1.16. The number of hydrogen-bond donors (Lipinski definition) is 1. The second-order valence-corrected chi connectivity index (χ2v) is 3.28. The van der Waals surface area contributed by atoms with Crippen molar-refractivity contribution in [3.8, 4) is 0 Å². The summed E-state index contributed by atoms with van der Waals surface area (Å²) in [6.07, 6.45) is 2.75. The molecule has 0 fully saturated rings. The van der Waals surface area contributed by atoms with Gasteiger partial charge < -0.3 is 9.84 Å². The number of aliphatic hydroxyl groups excluding tert-OH is 1. The monoisotopic (exact) mass is 188 g/mol. The number of carbonyl (C=O) groups is 1. The first-order chi connectivity index (χ1) is 6.10. The van der Waals surface area contributed by atoms with E-state index in [2.05, 4.69) is 0 Å². The Kier molecular flexibility index (Phi) is 6.59. The van der Waals surface area contributed by atoms with E-state index < -0.39 is 0 Å². The zero-order chi connectivity index (χ0) is 10.3. The van der Waals surface area contributed by atoms with Gasteiger partial charge in [-0.3, -0.25) is 4.79 Å². The number of hydrogen-bond acceptors (Lipinski definition) is 3. The minimum Gasteiger partial charge on any atom is -0.463 e. The van der Waals surface area contributed by atoms with Gasteiger partial charge in [0.2, 0.25) is 0 Å². The highest BCUT2D eigenvalue weighted by Crippen LogP contribution is 2.10. The van der Waals surface area contributed by atoms with E-state index in [0.29, 0.717) is 6.42 Å². The van der Waals surface area contributed by atoms with Crippen LogP contribution in [0.2, 0.25) is 0 Å². The standard InChI is InChI=1S/C10H20O3/c1-4-9(12)6-7-10(5-2)13-8(3)11/h9-10,12H,4-7H2,1-3H3. The molecule has 1 N–H and O–H groups in total. The molecule has 0 bridgehead atoms. The molecular weight excluding hydrogens is 168 g/mol. The zero-order valence-corrected chi connectivity index (χ0v) is 8.75. The Morgan fingerprint density at radius 3 is 2.31 bits per heavy atom. The summed E-state index contributed by atoms with van der Waals surface area (Å²) >= 11 is 0. The zero-order valence-electron chi connectivity index (χ0n) is 8.75. The van der Waals surface area contributed by atoms with Crippen LogP contribution in [0.3, 0.4) is 0 Å². The topological polar surface area (TPSA) is 46.5 Å². The first-order valence-electron chi connectivity index (χ1n) is 4.95.